The van der Waals surface area contributed by atoms with Crippen molar-refractivity contribution in [1.29, 1.82) is 0 Å². The van der Waals surface area contributed by atoms with Gasteiger partial charge in [-0.2, -0.15) is 4.72 Å². The molecule has 1 aromatic heterocycles. The molecule has 0 unspecified atom stereocenters. The Morgan fingerprint density at radius 3 is 2.40 bits per heavy atom. The average molecular weight is 376 g/mol. The zero-order valence-corrected chi connectivity index (χ0v) is 13.2. The van der Waals surface area contributed by atoms with Crippen LogP contribution in [0.2, 0.25) is 0 Å². The maximum absolute atomic E-state index is 12.2. The summed E-state index contributed by atoms with van der Waals surface area (Å²) in [5.74, 6) is -1.26. The zero-order chi connectivity index (χ0) is 14.8. The Labute approximate surface area is 128 Å². The molecule has 1 atom stereocenters. The molecule has 106 valence electrons. The van der Waals surface area contributed by atoms with E-state index in [9.17, 15) is 18.3 Å². The molecular weight excluding hydrogens is 366 g/mol. The average Bonchev–Trinajstić information content (AvgIpc) is 2.84. The molecular formula is C12H10BrNO4S2. The summed E-state index contributed by atoms with van der Waals surface area (Å²) >= 11 is 4.14. The van der Waals surface area contributed by atoms with Gasteiger partial charge in [0.1, 0.15) is 10.3 Å². The second-order valence-corrected chi connectivity index (χ2v) is 7.54. The summed E-state index contributed by atoms with van der Waals surface area (Å²) < 4.78 is 27.1. The van der Waals surface area contributed by atoms with Gasteiger partial charge in [-0.1, -0.05) is 30.3 Å². The van der Waals surface area contributed by atoms with Crippen molar-refractivity contribution in [3.8, 4) is 0 Å². The van der Waals surface area contributed by atoms with Crippen molar-refractivity contribution >= 4 is 43.3 Å². The van der Waals surface area contributed by atoms with E-state index in [1.807, 2.05) is 0 Å². The van der Waals surface area contributed by atoms with E-state index in [1.54, 1.807) is 41.8 Å². The molecule has 2 N–H and O–H groups in total. The van der Waals surface area contributed by atoms with Crippen LogP contribution in [0.25, 0.3) is 0 Å². The molecule has 20 heavy (non-hydrogen) atoms. The molecule has 2 aromatic rings. The SMILES string of the molecule is O=C(O)[C@H](NS(=O)(=O)c1sccc1Br)c1ccccc1. The van der Waals surface area contributed by atoms with Gasteiger partial charge >= 0.3 is 5.97 Å². The standard InChI is InChI=1S/C12H10BrNO4S2/c13-9-6-7-19-12(9)20(17,18)14-10(11(15)16)8-4-2-1-3-5-8/h1-7,10,14H,(H,15,16)/t10-/m1/s1. The molecule has 5 nitrogen and oxygen atoms in total. The number of benzene rings is 1. The van der Waals surface area contributed by atoms with Crippen molar-refractivity contribution in [2.45, 2.75) is 10.3 Å². The van der Waals surface area contributed by atoms with E-state index in [0.29, 0.717) is 10.0 Å². The number of rotatable bonds is 5. The molecule has 0 bridgehead atoms. The number of hydrogen-bond acceptors (Lipinski definition) is 4. The molecule has 0 aliphatic rings. The van der Waals surface area contributed by atoms with Gasteiger partial charge in [0.25, 0.3) is 10.0 Å². The van der Waals surface area contributed by atoms with Crippen LogP contribution in [0.3, 0.4) is 0 Å². The Hall–Kier alpha value is -1.22. The van der Waals surface area contributed by atoms with Crippen LogP contribution < -0.4 is 4.72 Å². The third kappa shape index (κ3) is 3.26. The summed E-state index contributed by atoms with van der Waals surface area (Å²) in [5, 5.41) is 10.8. The first-order valence-corrected chi connectivity index (χ1v) is 8.60. The maximum atomic E-state index is 12.2. The van der Waals surface area contributed by atoms with Crippen LogP contribution in [0.15, 0.2) is 50.5 Å². The molecule has 1 heterocycles. The van der Waals surface area contributed by atoms with Crippen LogP contribution in [-0.2, 0) is 14.8 Å². The van der Waals surface area contributed by atoms with E-state index >= 15 is 0 Å². The van der Waals surface area contributed by atoms with Crippen LogP contribution in [-0.4, -0.2) is 19.5 Å². The quantitative estimate of drug-likeness (QED) is 0.840. The molecule has 0 aliphatic heterocycles. The molecule has 0 saturated carbocycles. The van der Waals surface area contributed by atoms with Crippen LogP contribution >= 0.6 is 27.3 Å². The molecule has 8 heteroatoms. The van der Waals surface area contributed by atoms with Gasteiger partial charge in [0, 0.05) is 4.47 Å². The van der Waals surface area contributed by atoms with E-state index in [4.69, 9.17) is 0 Å². The summed E-state index contributed by atoms with van der Waals surface area (Å²) in [5.41, 5.74) is 0.372. The zero-order valence-electron chi connectivity index (χ0n) is 9.99. The van der Waals surface area contributed by atoms with Gasteiger partial charge in [-0.25, -0.2) is 8.42 Å². The fourth-order valence-corrected chi connectivity index (χ4v) is 5.12. The van der Waals surface area contributed by atoms with Gasteiger partial charge in [0.05, 0.1) is 0 Å². The largest absolute Gasteiger partial charge is 0.480 e. The molecule has 2 rings (SSSR count). The van der Waals surface area contributed by atoms with Crippen LogP contribution in [0, 0.1) is 0 Å². The highest BCUT2D eigenvalue weighted by Crippen LogP contribution is 2.28. The Bertz CT molecular complexity index is 712. The van der Waals surface area contributed by atoms with Gasteiger partial charge in [-0.3, -0.25) is 4.79 Å². The topological polar surface area (TPSA) is 83.5 Å². The van der Waals surface area contributed by atoms with Gasteiger partial charge < -0.3 is 5.11 Å². The molecule has 0 amide bonds. The van der Waals surface area contributed by atoms with E-state index < -0.39 is 22.0 Å². The van der Waals surface area contributed by atoms with Crippen LogP contribution in [0.1, 0.15) is 11.6 Å². The van der Waals surface area contributed by atoms with E-state index in [2.05, 4.69) is 20.7 Å². The Morgan fingerprint density at radius 1 is 1.25 bits per heavy atom. The molecule has 1 aromatic carbocycles. The number of carbonyl (C=O) groups is 1. The van der Waals surface area contributed by atoms with Crippen molar-refractivity contribution in [3.05, 3.63) is 51.8 Å². The van der Waals surface area contributed by atoms with Crippen molar-refractivity contribution in [2.75, 3.05) is 0 Å². The molecule has 0 radical (unpaired) electrons. The number of carboxylic acid groups (broad SMARTS) is 1. The van der Waals surface area contributed by atoms with E-state index in [0.717, 1.165) is 11.3 Å². The highest BCUT2D eigenvalue weighted by Gasteiger charge is 2.28. The lowest BCUT2D eigenvalue weighted by atomic mass is 10.1. The van der Waals surface area contributed by atoms with E-state index in [1.165, 1.54) is 0 Å². The number of thiophene rings is 1. The van der Waals surface area contributed by atoms with Crippen molar-refractivity contribution < 1.29 is 18.3 Å². The van der Waals surface area contributed by atoms with Crippen molar-refractivity contribution in [1.82, 2.24) is 4.72 Å². The van der Waals surface area contributed by atoms with Crippen LogP contribution in [0.5, 0.6) is 0 Å². The highest BCUT2D eigenvalue weighted by molar-refractivity contribution is 9.10. The number of halogens is 1. The monoisotopic (exact) mass is 375 g/mol. The van der Waals surface area contributed by atoms with Crippen molar-refractivity contribution in [2.24, 2.45) is 0 Å². The third-order valence-corrected chi connectivity index (χ3v) is 6.57. The minimum Gasteiger partial charge on any atom is -0.480 e. The fraction of sp³-hybridized carbons (Fsp3) is 0.0833. The minimum atomic E-state index is -3.90. The summed E-state index contributed by atoms with van der Waals surface area (Å²) in [6.45, 7) is 0. The number of hydrogen-bond donors (Lipinski definition) is 2. The Kier molecular flexibility index (Phi) is 4.59. The maximum Gasteiger partial charge on any atom is 0.326 e. The van der Waals surface area contributed by atoms with Gasteiger partial charge in [0.15, 0.2) is 0 Å². The smallest absolute Gasteiger partial charge is 0.326 e. The number of sulfonamides is 1. The highest BCUT2D eigenvalue weighted by atomic mass is 79.9. The lowest BCUT2D eigenvalue weighted by Crippen LogP contribution is -2.33. The lowest BCUT2D eigenvalue weighted by molar-refractivity contribution is -0.139. The van der Waals surface area contributed by atoms with Crippen molar-refractivity contribution in [3.63, 3.8) is 0 Å². The predicted octanol–water partition coefficient (Wildman–Crippen LogP) is 2.61. The lowest BCUT2D eigenvalue weighted by Gasteiger charge is -2.14. The molecule has 0 fully saturated rings. The third-order valence-electron chi connectivity index (χ3n) is 2.48. The van der Waals surface area contributed by atoms with Crippen LogP contribution in [0.4, 0.5) is 0 Å². The Morgan fingerprint density at radius 2 is 1.90 bits per heavy atom. The normalized spacial score (nSPS) is 13.1. The Balaban J connectivity index is 2.35. The molecule has 0 spiro atoms. The molecule has 0 aliphatic carbocycles. The number of aliphatic carboxylic acids is 1. The summed E-state index contributed by atoms with van der Waals surface area (Å²) in [6.07, 6.45) is 0. The fourth-order valence-electron chi connectivity index (χ4n) is 1.59. The predicted molar refractivity (Wildman–Crippen MR) is 79.2 cm³/mol. The second kappa shape index (κ2) is 6.04. The second-order valence-electron chi connectivity index (χ2n) is 3.86. The summed E-state index contributed by atoms with van der Waals surface area (Å²) in [4.78, 5) is 11.3. The van der Waals surface area contributed by atoms with E-state index in [-0.39, 0.29) is 4.21 Å². The minimum absolute atomic E-state index is 0.0553. The van der Waals surface area contributed by atoms with Gasteiger partial charge in [0.2, 0.25) is 0 Å². The molecule has 0 saturated heterocycles. The first-order chi connectivity index (χ1) is 9.42. The number of nitrogens with one attached hydrogen (secondary N) is 1. The van der Waals surface area contributed by atoms with Gasteiger partial charge in [-0.05, 0) is 32.9 Å². The van der Waals surface area contributed by atoms with Gasteiger partial charge in [-0.15, -0.1) is 11.3 Å². The summed E-state index contributed by atoms with van der Waals surface area (Å²) in [7, 11) is -3.90. The summed E-state index contributed by atoms with van der Waals surface area (Å²) in [6, 6.07) is 8.43. The first-order valence-electron chi connectivity index (χ1n) is 5.45. The first kappa shape index (κ1) is 15.2. The number of carboxylic acids is 1.